The molecule has 0 unspecified atom stereocenters. The highest BCUT2D eigenvalue weighted by atomic mass is 16.4. The monoisotopic (exact) mass is 493 g/mol. The van der Waals surface area contributed by atoms with Crippen LogP contribution in [0, 0.1) is 11.8 Å². The number of nitrogen functional groups attached to an aromatic ring is 1. The average molecular weight is 494 g/mol. The van der Waals surface area contributed by atoms with Gasteiger partial charge in [-0.3, -0.25) is 24.8 Å². The fraction of sp³-hybridized carbons (Fsp3) is 0.107. The van der Waals surface area contributed by atoms with E-state index in [1.807, 2.05) is 24.3 Å². The number of nitrogens with zero attached hydrogens (tertiary/aromatic N) is 3. The van der Waals surface area contributed by atoms with E-state index in [0.29, 0.717) is 27.7 Å². The zero-order chi connectivity index (χ0) is 26.4. The zero-order valence-electron chi connectivity index (χ0n) is 19.9. The predicted octanol–water partition coefficient (Wildman–Crippen LogP) is 2.85. The van der Waals surface area contributed by atoms with Crippen molar-refractivity contribution >= 4 is 28.7 Å². The number of aliphatic carboxylic acids is 1. The predicted molar refractivity (Wildman–Crippen MR) is 138 cm³/mol. The summed E-state index contributed by atoms with van der Waals surface area (Å²) in [6, 6.07) is 17.7. The highest BCUT2D eigenvalue weighted by Crippen LogP contribution is 2.24. The molecule has 0 saturated carbocycles. The molecule has 0 spiro atoms. The highest BCUT2D eigenvalue weighted by molar-refractivity contribution is 6.06. The topological polar surface area (TPSA) is 139 Å². The van der Waals surface area contributed by atoms with Gasteiger partial charge in [-0.1, -0.05) is 24.0 Å². The van der Waals surface area contributed by atoms with Gasteiger partial charge in [0.15, 0.2) is 0 Å². The summed E-state index contributed by atoms with van der Waals surface area (Å²) < 4.78 is 0. The van der Waals surface area contributed by atoms with Gasteiger partial charge in [-0.2, -0.15) is 0 Å². The number of hydrogen-bond acceptors (Lipinski definition) is 6. The molecule has 0 atom stereocenters. The Balaban J connectivity index is 1.50. The normalized spacial score (nSPS) is 10.3. The second kappa shape index (κ2) is 11.1. The van der Waals surface area contributed by atoms with Gasteiger partial charge in [0, 0.05) is 53.6 Å². The summed E-state index contributed by atoms with van der Waals surface area (Å²) in [6.07, 6.45) is 3.08. The molecule has 4 aromatic rings. The van der Waals surface area contributed by atoms with Crippen molar-refractivity contribution in [2.45, 2.75) is 6.42 Å². The molecule has 0 fully saturated rings. The largest absolute Gasteiger partial charge is 0.481 e. The lowest BCUT2D eigenvalue weighted by molar-refractivity contribution is -0.137. The molecule has 0 aliphatic carbocycles. The van der Waals surface area contributed by atoms with E-state index in [1.165, 1.54) is 4.90 Å². The van der Waals surface area contributed by atoms with Crippen molar-refractivity contribution < 1.29 is 19.5 Å². The molecule has 0 saturated heterocycles. The Kier molecular flexibility index (Phi) is 7.52. The number of pyridine rings is 2. The Labute approximate surface area is 212 Å². The molecule has 184 valence electrons. The van der Waals surface area contributed by atoms with Gasteiger partial charge in [-0.15, -0.1) is 0 Å². The SMILES string of the molecule is CN(CCC(=O)O)C(=O)c1ccc(C#Cc2ccc(-c3cc(C(=O)NN)c4cnccc4n3)cc2)cc1. The minimum atomic E-state index is -0.951. The van der Waals surface area contributed by atoms with E-state index in [1.54, 1.807) is 55.8 Å². The summed E-state index contributed by atoms with van der Waals surface area (Å²) in [4.78, 5) is 45.5. The molecule has 2 aromatic carbocycles. The zero-order valence-corrected chi connectivity index (χ0v) is 19.9. The van der Waals surface area contributed by atoms with E-state index < -0.39 is 11.9 Å². The number of rotatable bonds is 6. The maximum Gasteiger partial charge on any atom is 0.305 e. The first-order chi connectivity index (χ1) is 17.9. The third-order valence-corrected chi connectivity index (χ3v) is 5.66. The summed E-state index contributed by atoms with van der Waals surface area (Å²) in [5.74, 6) is 9.89. The summed E-state index contributed by atoms with van der Waals surface area (Å²) in [5, 5.41) is 9.39. The van der Waals surface area contributed by atoms with Crippen LogP contribution in [0.1, 0.15) is 38.3 Å². The molecule has 2 heterocycles. The Hall–Kier alpha value is -5.07. The van der Waals surface area contributed by atoms with Crippen molar-refractivity contribution in [2.75, 3.05) is 13.6 Å². The van der Waals surface area contributed by atoms with Crippen LogP contribution < -0.4 is 11.3 Å². The van der Waals surface area contributed by atoms with E-state index in [4.69, 9.17) is 10.9 Å². The lowest BCUT2D eigenvalue weighted by atomic mass is 10.0. The molecule has 37 heavy (non-hydrogen) atoms. The fourth-order valence-corrected chi connectivity index (χ4v) is 3.63. The van der Waals surface area contributed by atoms with Crippen molar-refractivity contribution in [3.05, 3.63) is 95.3 Å². The number of nitrogens with one attached hydrogen (secondary N) is 1. The van der Waals surface area contributed by atoms with Crippen LogP contribution in [0.3, 0.4) is 0 Å². The number of hydrazine groups is 1. The van der Waals surface area contributed by atoms with Crippen LogP contribution in [0.5, 0.6) is 0 Å². The van der Waals surface area contributed by atoms with Gasteiger partial charge in [0.2, 0.25) is 0 Å². The summed E-state index contributed by atoms with van der Waals surface area (Å²) in [6.45, 7) is 0.138. The quantitative estimate of drug-likeness (QED) is 0.162. The van der Waals surface area contributed by atoms with Gasteiger partial charge in [0.25, 0.3) is 11.8 Å². The average Bonchev–Trinajstić information content (AvgIpc) is 2.93. The van der Waals surface area contributed by atoms with Crippen molar-refractivity contribution in [3.63, 3.8) is 0 Å². The van der Waals surface area contributed by atoms with Gasteiger partial charge < -0.3 is 10.0 Å². The first-order valence-corrected chi connectivity index (χ1v) is 11.3. The van der Waals surface area contributed by atoms with Crippen LogP contribution >= 0.6 is 0 Å². The Morgan fingerprint density at radius 1 is 1.00 bits per heavy atom. The minimum absolute atomic E-state index is 0.108. The number of carboxylic acids is 1. The molecule has 9 heteroatoms. The summed E-state index contributed by atoms with van der Waals surface area (Å²) in [7, 11) is 1.57. The molecule has 4 rings (SSSR count). The lowest BCUT2D eigenvalue weighted by Crippen LogP contribution is -2.30. The van der Waals surface area contributed by atoms with Gasteiger partial charge in [-0.05, 0) is 48.5 Å². The number of carbonyl (C=O) groups is 3. The van der Waals surface area contributed by atoms with Crippen molar-refractivity contribution in [3.8, 4) is 23.1 Å². The summed E-state index contributed by atoms with van der Waals surface area (Å²) >= 11 is 0. The number of nitrogens with two attached hydrogens (primary N) is 1. The van der Waals surface area contributed by atoms with Crippen LogP contribution in [0.4, 0.5) is 0 Å². The van der Waals surface area contributed by atoms with Crippen molar-refractivity contribution in [1.29, 1.82) is 0 Å². The van der Waals surface area contributed by atoms with Gasteiger partial charge >= 0.3 is 5.97 Å². The second-order valence-corrected chi connectivity index (χ2v) is 8.20. The Bertz CT molecular complexity index is 1540. The lowest BCUT2D eigenvalue weighted by Gasteiger charge is -2.15. The molecular formula is C28H23N5O4. The number of fused-ring (bicyclic) bond motifs is 1. The van der Waals surface area contributed by atoms with E-state index in [9.17, 15) is 14.4 Å². The maximum atomic E-state index is 12.4. The molecule has 0 aliphatic heterocycles. The van der Waals surface area contributed by atoms with Gasteiger partial charge in [0.1, 0.15) is 0 Å². The van der Waals surface area contributed by atoms with E-state index >= 15 is 0 Å². The molecule has 2 amide bonds. The molecule has 9 nitrogen and oxygen atoms in total. The first kappa shape index (κ1) is 25.0. The van der Waals surface area contributed by atoms with Crippen molar-refractivity contribution in [2.24, 2.45) is 5.84 Å². The molecular weight excluding hydrogens is 470 g/mol. The second-order valence-electron chi connectivity index (χ2n) is 8.20. The number of amides is 2. The maximum absolute atomic E-state index is 12.4. The molecule has 4 N–H and O–H groups in total. The molecule has 0 bridgehead atoms. The Morgan fingerprint density at radius 3 is 2.27 bits per heavy atom. The molecule has 2 aromatic heterocycles. The van der Waals surface area contributed by atoms with Crippen LogP contribution in [0.15, 0.2) is 73.1 Å². The number of carbonyl (C=O) groups excluding carboxylic acids is 2. The number of benzene rings is 2. The van der Waals surface area contributed by atoms with Crippen molar-refractivity contribution in [1.82, 2.24) is 20.3 Å². The molecule has 0 radical (unpaired) electrons. The standard InChI is InChI=1S/C28H23N5O4/c1-33(15-13-26(34)35)28(37)21-10-6-19(7-11-21)3-2-18-4-8-20(9-5-18)25-16-22(27(36)32-29)23-17-30-14-12-24(23)31-25/h4-12,14,16-17H,13,15,29H2,1H3,(H,32,36)(H,34,35). The third kappa shape index (κ3) is 5.96. The van der Waals surface area contributed by atoms with Crippen LogP contribution in [-0.4, -0.2) is 51.4 Å². The number of carboxylic acid groups (broad SMARTS) is 1. The van der Waals surface area contributed by atoms with Crippen LogP contribution in [-0.2, 0) is 4.79 Å². The first-order valence-electron chi connectivity index (χ1n) is 11.3. The molecule has 0 aliphatic rings. The smallest absolute Gasteiger partial charge is 0.305 e. The third-order valence-electron chi connectivity index (χ3n) is 5.66. The van der Waals surface area contributed by atoms with Gasteiger partial charge in [-0.25, -0.2) is 10.8 Å². The van der Waals surface area contributed by atoms with Crippen LogP contribution in [0.2, 0.25) is 0 Å². The summed E-state index contributed by atoms with van der Waals surface area (Å²) in [5.41, 5.74) is 6.58. The minimum Gasteiger partial charge on any atom is -0.481 e. The highest BCUT2D eigenvalue weighted by Gasteiger charge is 2.14. The van der Waals surface area contributed by atoms with Crippen LogP contribution in [0.25, 0.3) is 22.2 Å². The fourth-order valence-electron chi connectivity index (χ4n) is 3.63. The number of hydrogen-bond donors (Lipinski definition) is 3. The van der Waals surface area contributed by atoms with E-state index in [2.05, 4.69) is 27.2 Å². The Morgan fingerprint density at radius 2 is 1.65 bits per heavy atom. The van der Waals surface area contributed by atoms with Gasteiger partial charge in [0.05, 0.1) is 23.2 Å². The van der Waals surface area contributed by atoms with E-state index in [0.717, 1.165) is 16.7 Å². The number of aromatic nitrogens is 2. The van der Waals surface area contributed by atoms with E-state index in [-0.39, 0.29) is 18.9 Å².